The number of carbonyl (C=O) groups excluding carboxylic acids is 1. The Labute approximate surface area is 147 Å². The number of halogens is 1. The fraction of sp³-hybridized carbons (Fsp3) is 0.632. The summed E-state index contributed by atoms with van der Waals surface area (Å²) in [5.41, 5.74) is 3.16. The molecule has 2 fully saturated rings. The highest BCUT2D eigenvalue weighted by atomic mass is 19.1. The van der Waals surface area contributed by atoms with Gasteiger partial charge in [-0.3, -0.25) is 4.79 Å². The normalized spacial score (nSPS) is 24.5. The number of hydrogen-bond donors (Lipinski definition) is 1. The van der Waals surface area contributed by atoms with Gasteiger partial charge in [0, 0.05) is 49.7 Å². The van der Waals surface area contributed by atoms with Crippen LogP contribution in [0.4, 0.5) is 15.8 Å². The van der Waals surface area contributed by atoms with Crippen LogP contribution < -0.4 is 10.2 Å². The maximum atomic E-state index is 13.0. The zero-order chi connectivity index (χ0) is 17.3. The first kappa shape index (κ1) is 16.8. The maximum absolute atomic E-state index is 13.0. The highest BCUT2D eigenvalue weighted by Crippen LogP contribution is 2.47. The Hall–Kier alpha value is -1.66. The molecule has 1 amide bonds. The van der Waals surface area contributed by atoms with Crippen LogP contribution in [0.3, 0.4) is 0 Å². The maximum Gasteiger partial charge on any atom is 0.229 e. The van der Waals surface area contributed by atoms with Crippen molar-refractivity contribution in [2.24, 2.45) is 5.92 Å². The van der Waals surface area contributed by atoms with E-state index in [1.165, 1.54) is 5.56 Å². The zero-order valence-corrected chi connectivity index (χ0v) is 14.4. The van der Waals surface area contributed by atoms with Crippen LogP contribution in [-0.2, 0) is 19.7 Å². The van der Waals surface area contributed by atoms with Crippen molar-refractivity contribution in [1.29, 1.82) is 0 Å². The molecule has 0 bridgehead atoms. The van der Waals surface area contributed by atoms with Crippen LogP contribution in [0.2, 0.25) is 0 Å². The van der Waals surface area contributed by atoms with Gasteiger partial charge in [0.05, 0.1) is 12.5 Å². The van der Waals surface area contributed by atoms with Gasteiger partial charge < -0.3 is 19.7 Å². The predicted molar refractivity (Wildman–Crippen MR) is 93.9 cm³/mol. The molecule has 1 atom stereocenters. The molecule has 1 spiro atoms. The number of hydrogen-bond acceptors (Lipinski definition) is 4. The molecule has 6 heteroatoms. The van der Waals surface area contributed by atoms with Crippen LogP contribution in [0.15, 0.2) is 18.2 Å². The van der Waals surface area contributed by atoms with Gasteiger partial charge in [-0.05, 0) is 43.0 Å². The minimum atomic E-state index is -0.355. The molecule has 0 aromatic heterocycles. The van der Waals surface area contributed by atoms with Crippen LogP contribution in [0.25, 0.3) is 0 Å². The third kappa shape index (κ3) is 3.13. The van der Waals surface area contributed by atoms with Crippen LogP contribution in [0.5, 0.6) is 0 Å². The molecule has 0 aliphatic carbocycles. The fourth-order valence-corrected chi connectivity index (χ4v) is 4.33. The van der Waals surface area contributed by atoms with Gasteiger partial charge in [0.2, 0.25) is 5.91 Å². The monoisotopic (exact) mass is 348 g/mol. The lowest BCUT2D eigenvalue weighted by atomic mass is 9.76. The number of anilines is 2. The largest absolute Gasteiger partial charge is 0.381 e. The van der Waals surface area contributed by atoms with Crippen LogP contribution in [0.1, 0.15) is 24.8 Å². The first-order valence-electron chi connectivity index (χ1n) is 9.14. The molecule has 1 aromatic rings. The van der Waals surface area contributed by atoms with Crippen molar-refractivity contribution in [3.8, 4) is 0 Å². The summed E-state index contributed by atoms with van der Waals surface area (Å²) in [6.07, 6.45) is 2.66. The lowest BCUT2D eigenvalue weighted by Crippen LogP contribution is -2.39. The number of rotatable bonds is 4. The van der Waals surface area contributed by atoms with Crippen molar-refractivity contribution in [3.05, 3.63) is 23.8 Å². The van der Waals surface area contributed by atoms with E-state index in [0.717, 1.165) is 50.4 Å². The summed E-state index contributed by atoms with van der Waals surface area (Å²) in [7, 11) is 0. The Morgan fingerprint density at radius 2 is 2.12 bits per heavy atom. The lowest BCUT2D eigenvalue weighted by molar-refractivity contribution is -0.119. The molecule has 3 aliphatic rings. The SMILES string of the molecule is O=C(Nc1ccc2c(c1)C1(CCOCC1)CN2CCF)[C@@H]1CCOC1. The van der Waals surface area contributed by atoms with Crippen molar-refractivity contribution < 1.29 is 18.7 Å². The van der Waals surface area contributed by atoms with E-state index in [-0.39, 0.29) is 23.9 Å². The van der Waals surface area contributed by atoms with E-state index in [1.807, 2.05) is 12.1 Å². The first-order valence-corrected chi connectivity index (χ1v) is 9.14. The van der Waals surface area contributed by atoms with Gasteiger partial charge in [-0.1, -0.05) is 0 Å². The number of alkyl halides is 1. The predicted octanol–water partition coefficient (Wildman–Crippen LogP) is 2.50. The second-order valence-corrected chi connectivity index (χ2v) is 7.28. The summed E-state index contributed by atoms with van der Waals surface area (Å²) in [4.78, 5) is 14.5. The Morgan fingerprint density at radius 1 is 1.28 bits per heavy atom. The smallest absolute Gasteiger partial charge is 0.229 e. The van der Waals surface area contributed by atoms with Gasteiger partial charge in [-0.25, -0.2) is 4.39 Å². The second kappa shape index (κ2) is 6.92. The van der Waals surface area contributed by atoms with E-state index in [2.05, 4.69) is 16.3 Å². The topological polar surface area (TPSA) is 50.8 Å². The lowest BCUT2D eigenvalue weighted by Gasteiger charge is -2.34. The summed E-state index contributed by atoms with van der Waals surface area (Å²) in [5.74, 6) is -0.0366. The summed E-state index contributed by atoms with van der Waals surface area (Å²) in [6, 6.07) is 6.04. The van der Waals surface area contributed by atoms with Gasteiger partial charge >= 0.3 is 0 Å². The van der Waals surface area contributed by atoms with Crippen molar-refractivity contribution in [2.75, 3.05) is 56.4 Å². The second-order valence-electron chi connectivity index (χ2n) is 7.28. The van der Waals surface area contributed by atoms with E-state index >= 15 is 0 Å². The molecule has 1 N–H and O–H groups in total. The molecule has 3 aliphatic heterocycles. The Kier molecular flexibility index (Phi) is 4.65. The standard InChI is InChI=1S/C19H25FN2O3/c20-6-7-22-13-19(4-9-24-10-5-19)16-11-15(1-2-17(16)22)21-18(23)14-3-8-25-12-14/h1-2,11,14H,3-10,12-13H2,(H,21,23)/t14-/m1/s1. The van der Waals surface area contributed by atoms with Crippen molar-refractivity contribution in [2.45, 2.75) is 24.7 Å². The molecule has 3 heterocycles. The average Bonchev–Trinajstić information content (AvgIpc) is 3.25. The third-order valence-corrected chi connectivity index (χ3v) is 5.77. The summed E-state index contributed by atoms with van der Waals surface area (Å²) in [6.45, 7) is 3.53. The zero-order valence-electron chi connectivity index (χ0n) is 14.4. The number of nitrogens with one attached hydrogen (secondary N) is 1. The molecular weight excluding hydrogens is 323 g/mol. The summed E-state index contributed by atoms with van der Waals surface area (Å²) in [5, 5.41) is 3.04. The molecule has 2 saturated heterocycles. The fourth-order valence-electron chi connectivity index (χ4n) is 4.33. The molecule has 0 unspecified atom stereocenters. The quantitative estimate of drug-likeness (QED) is 0.908. The van der Waals surface area contributed by atoms with E-state index in [9.17, 15) is 9.18 Å². The summed E-state index contributed by atoms with van der Waals surface area (Å²) >= 11 is 0. The molecule has 5 nitrogen and oxygen atoms in total. The van der Waals surface area contributed by atoms with Gasteiger partial charge in [0.1, 0.15) is 6.67 Å². The van der Waals surface area contributed by atoms with Crippen molar-refractivity contribution in [1.82, 2.24) is 0 Å². The number of amides is 1. The van der Waals surface area contributed by atoms with E-state index < -0.39 is 0 Å². The number of ether oxygens (including phenoxy) is 2. The molecule has 25 heavy (non-hydrogen) atoms. The van der Waals surface area contributed by atoms with Crippen molar-refractivity contribution >= 4 is 17.3 Å². The molecule has 136 valence electrons. The average molecular weight is 348 g/mol. The third-order valence-electron chi connectivity index (χ3n) is 5.77. The molecule has 0 radical (unpaired) electrons. The van der Waals surface area contributed by atoms with E-state index in [1.54, 1.807) is 0 Å². The summed E-state index contributed by atoms with van der Waals surface area (Å²) < 4.78 is 23.8. The van der Waals surface area contributed by atoms with E-state index in [4.69, 9.17) is 9.47 Å². The van der Waals surface area contributed by atoms with Gasteiger partial charge in [-0.15, -0.1) is 0 Å². The Balaban J connectivity index is 1.60. The number of benzene rings is 1. The first-order chi connectivity index (χ1) is 12.2. The number of carbonyl (C=O) groups is 1. The minimum Gasteiger partial charge on any atom is -0.381 e. The molecule has 0 saturated carbocycles. The van der Waals surface area contributed by atoms with Gasteiger partial charge in [0.15, 0.2) is 0 Å². The Morgan fingerprint density at radius 3 is 2.84 bits per heavy atom. The highest BCUT2D eigenvalue weighted by molar-refractivity contribution is 5.93. The molecule has 1 aromatic carbocycles. The number of nitrogens with zero attached hydrogens (tertiary/aromatic N) is 1. The van der Waals surface area contributed by atoms with Crippen LogP contribution in [-0.4, -0.2) is 52.1 Å². The van der Waals surface area contributed by atoms with Crippen LogP contribution >= 0.6 is 0 Å². The van der Waals surface area contributed by atoms with Crippen molar-refractivity contribution in [3.63, 3.8) is 0 Å². The van der Waals surface area contributed by atoms with Gasteiger partial charge in [0.25, 0.3) is 0 Å². The number of fused-ring (bicyclic) bond motifs is 2. The molecular formula is C19H25FN2O3. The highest BCUT2D eigenvalue weighted by Gasteiger charge is 2.43. The minimum absolute atomic E-state index is 0.0138. The molecule has 4 rings (SSSR count). The Bertz CT molecular complexity index is 640. The van der Waals surface area contributed by atoms with Gasteiger partial charge in [-0.2, -0.15) is 0 Å². The van der Waals surface area contributed by atoms with E-state index in [0.29, 0.717) is 19.8 Å². The van der Waals surface area contributed by atoms with Crippen LogP contribution in [0, 0.1) is 5.92 Å².